The molecule has 0 aliphatic carbocycles. The Balaban J connectivity index is 2.01. The molecular formula is C11H17NO2. The number of piperidine rings is 1. The summed E-state index contributed by atoms with van der Waals surface area (Å²) in [5.74, 6) is 1.79. The molecule has 0 aromatic carbocycles. The zero-order chi connectivity index (χ0) is 10.0. The first kappa shape index (κ1) is 9.74. The smallest absolute Gasteiger partial charge is 0.107 e. The van der Waals surface area contributed by atoms with Crippen LogP contribution in [0.3, 0.4) is 0 Å². The number of hydrogen-bond acceptors (Lipinski definition) is 3. The molecule has 1 atom stereocenters. The maximum absolute atomic E-state index is 10.2. The fourth-order valence-electron chi connectivity index (χ4n) is 2.01. The van der Waals surface area contributed by atoms with Crippen LogP contribution in [0, 0.1) is 6.92 Å². The predicted molar refractivity (Wildman–Crippen MR) is 54.2 cm³/mol. The minimum Gasteiger partial charge on any atom is -0.466 e. The summed E-state index contributed by atoms with van der Waals surface area (Å²) < 4.78 is 5.46. The number of nitrogens with one attached hydrogen (secondary N) is 1. The van der Waals surface area contributed by atoms with Gasteiger partial charge in [0.15, 0.2) is 0 Å². The molecule has 1 aromatic heterocycles. The molecule has 2 rings (SSSR count). The molecular weight excluding hydrogens is 178 g/mol. The highest BCUT2D eigenvalue weighted by molar-refractivity contribution is 5.09. The summed E-state index contributed by atoms with van der Waals surface area (Å²) in [6.45, 7) is 3.61. The summed E-state index contributed by atoms with van der Waals surface area (Å²) in [6.07, 6.45) is 2.52. The van der Waals surface area contributed by atoms with E-state index in [1.807, 2.05) is 19.1 Å². The average Bonchev–Trinajstić information content (AvgIpc) is 2.51. The molecule has 14 heavy (non-hydrogen) atoms. The maximum Gasteiger partial charge on any atom is 0.107 e. The Labute approximate surface area is 84.1 Å². The zero-order valence-electron chi connectivity index (χ0n) is 8.55. The number of aryl methyl sites for hydroxylation is 1. The van der Waals surface area contributed by atoms with Gasteiger partial charge in [-0.25, -0.2) is 0 Å². The molecule has 0 amide bonds. The highest BCUT2D eigenvalue weighted by Gasteiger charge is 2.30. The zero-order valence-corrected chi connectivity index (χ0v) is 8.55. The second kappa shape index (κ2) is 3.75. The molecule has 3 heteroatoms. The van der Waals surface area contributed by atoms with E-state index in [9.17, 15) is 5.11 Å². The molecule has 0 radical (unpaired) electrons. The third-order valence-corrected chi connectivity index (χ3v) is 2.75. The highest BCUT2D eigenvalue weighted by Crippen LogP contribution is 2.22. The van der Waals surface area contributed by atoms with Crippen LogP contribution in [0.4, 0.5) is 0 Å². The lowest BCUT2D eigenvalue weighted by Crippen LogP contribution is -2.47. The SMILES string of the molecule is Cc1ccc(CC2(O)CCCNC2)o1. The van der Waals surface area contributed by atoms with E-state index in [4.69, 9.17) is 4.42 Å². The van der Waals surface area contributed by atoms with Gasteiger partial charge < -0.3 is 14.8 Å². The first-order valence-corrected chi connectivity index (χ1v) is 5.16. The molecule has 1 fully saturated rings. The molecule has 2 N–H and O–H groups in total. The van der Waals surface area contributed by atoms with Crippen LogP contribution < -0.4 is 5.32 Å². The van der Waals surface area contributed by atoms with Gasteiger partial charge in [0.1, 0.15) is 11.5 Å². The molecule has 2 heterocycles. The van der Waals surface area contributed by atoms with Crippen molar-refractivity contribution in [3.63, 3.8) is 0 Å². The van der Waals surface area contributed by atoms with Gasteiger partial charge in [-0.2, -0.15) is 0 Å². The van der Waals surface area contributed by atoms with Crippen LogP contribution >= 0.6 is 0 Å². The second-order valence-electron chi connectivity index (χ2n) is 4.19. The van der Waals surface area contributed by atoms with E-state index in [-0.39, 0.29) is 0 Å². The van der Waals surface area contributed by atoms with Crippen LogP contribution in [0.15, 0.2) is 16.5 Å². The minimum atomic E-state index is -0.609. The van der Waals surface area contributed by atoms with Gasteiger partial charge in [-0.1, -0.05) is 0 Å². The quantitative estimate of drug-likeness (QED) is 0.746. The number of hydrogen-bond donors (Lipinski definition) is 2. The topological polar surface area (TPSA) is 45.4 Å². The van der Waals surface area contributed by atoms with Crippen molar-refractivity contribution in [2.45, 2.75) is 31.8 Å². The lowest BCUT2D eigenvalue weighted by Gasteiger charge is -2.31. The molecule has 1 unspecified atom stereocenters. The maximum atomic E-state index is 10.2. The third kappa shape index (κ3) is 2.16. The van der Waals surface area contributed by atoms with Crippen molar-refractivity contribution in [3.8, 4) is 0 Å². The number of β-amino-alcohol motifs (C(OH)–C–C–N with tert-alkyl or cyclic N) is 1. The Morgan fingerprint density at radius 1 is 1.57 bits per heavy atom. The van der Waals surface area contributed by atoms with E-state index in [1.54, 1.807) is 0 Å². The average molecular weight is 195 g/mol. The molecule has 1 saturated heterocycles. The van der Waals surface area contributed by atoms with E-state index in [1.165, 1.54) is 0 Å². The summed E-state index contributed by atoms with van der Waals surface area (Å²) in [5.41, 5.74) is -0.609. The van der Waals surface area contributed by atoms with Crippen LogP contribution in [-0.4, -0.2) is 23.8 Å². The van der Waals surface area contributed by atoms with Gasteiger partial charge in [0.2, 0.25) is 0 Å². The van der Waals surface area contributed by atoms with Crippen molar-refractivity contribution >= 4 is 0 Å². The number of aliphatic hydroxyl groups is 1. The highest BCUT2D eigenvalue weighted by atomic mass is 16.3. The van der Waals surface area contributed by atoms with Gasteiger partial charge in [0.05, 0.1) is 5.60 Å². The Morgan fingerprint density at radius 2 is 2.43 bits per heavy atom. The molecule has 1 aliphatic heterocycles. The monoisotopic (exact) mass is 195 g/mol. The van der Waals surface area contributed by atoms with E-state index >= 15 is 0 Å². The van der Waals surface area contributed by atoms with E-state index < -0.39 is 5.60 Å². The third-order valence-electron chi connectivity index (χ3n) is 2.75. The first-order chi connectivity index (χ1) is 6.68. The Kier molecular flexibility index (Phi) is 2.61. The molecule has 1 aromatic rings. The van der Waals surface area contributed by atoms with Crippen LogP contribution in [0.25, 0.3) is 0 Å². The van der Waals surface area contributed by atoms with Crippen molar-refractivity contribution in [3.05, 3.63) is 23.7 Å². The van der Waals surface area contributed by atoms with Crippen molar-refractivity contribution < 1.29 is 9.52 Å². The fraction of sp³-hybridized carbons (Fsp3) is 0.636. The summed E-state index contributed by atoms with van der Waals surface area (Å²) in [5, 5.41) is 13.4. The minimum absolute atomic E-state index is 0.609. The lowest BCUT2D eigenvalue weighted by molar-refractivity contribution is 0.0125. The van der Waals surface area contributed by atoms with E-state index in [0.717, 1.165) is 30.9 Å². The van der Waals surface area contributed by atoms with Crippen LogP contribution in [0.1, 0.15) is 24.4 Å². The molecule has 0 saturated carbocycles. The molecule has 0 spiro atoms. The van der Waals surface area contributed by atoms with Crippen molar-refractivity contribution in [1.29, 1.82) is 0 Å². The molecule has 3 nitrogen and oxygen atoms in total. The number of furan rings is 1. The summed E-state index contributed by atoms with van der Waals surface area (Å²) >= 11 is 0. The fourth-order valence-corrected chi connectivity index (χ4v) is 2.01. The molecule has 78 valence electrons. The summed E-state index contributed by atoms with van der Waals surface area (Å²) in [6, 6.07) is 3.89. The van der Waals surface area contributed by atoms with E-state index in [0.29, 0.717) is 13.0 Å². The van der Waals surface area contributed by atoms with Gasteiger partial charge in [-0.3, -0.25) is 0 Å². The molecule has 0 bridgehead atoms. The van der Waals surface area contributed by atoms with Gasteiger partial charge in [-0.05, 0) is 38.4 Å². The van der Waals surface area contributed by atoms with Crippen molar-refractivity contribution in [2.75, 3.05) is 13.1 Å². The Morgan fingerprint density at radius 3 is 3.00 bits per heavy atom. The largest absolute Gasteiger partial charge is 0.466 e. The van der Waals surface area contributed by atoms with Gasteiger partial charge in [0.25, 0.3) is 0 Å². The lowest BCUT2D eigenvalue weighted by atomic mass is 9.90. The second-order valence-corrected chi connectivity index (χ2v) is 4.19. The first-order valence-electron chi connectivity index (χ1n) is 5.16. The van der Waals surface area contributed by atoms with E-state index in [2.05, 4.69) is 5.32 Å². The van der Waals surface area contributed by atoms with Gasteiger partial charge >= 0.3 is 0 Å². The Hall–Kier alpha value is -0.800. The standard InChI is InChI=1S/C11H17NO2/c1-9-3-4-10(14-9)7-11(13)5-2-6-12-8-11/h3-4,12-13H,2,5-8H2,1H3. The van der Waals surface area contributed by atoms with Gasteiger partial charge in [0, 0.05) is 13.0 Å². The summed E-state index contributed by atoms with van der Waals surface area (Å²) in [4.78, 5) is 0. The normalized spacial score (nSPS) is 27.9. The van der Waals surface area contributed by atoms with Gasteiger partial charge in [-0.15, -0.1) is 0 Å². The van der Waals surface area contributed by atoms with Crippen molar-refractivity contribution in [1.82, 2.24) is 5.32 Å². The van der Waals surface area contributed by atoms with Crippen LogP contribution in [0.5, 0.6) is 0 Å². The predicted octanol–water partition coefficient (Wildman–Crippen LogP) is 1.25. The van der Waals surface area contributed by atoms with Crippen LogP contribution in [-0.2, 0) is 6.42 Å². The Bertz CT molecular complexity index is 300. The molecule has 1 aliphatic rings. The summed E-state index contributed by atoms with van der Waals surface area (Å²) in [7, 11) is 0. The van der Waals surface area contributed by atoms with Crippen LogP contribution in [0.2, 0.25) is 0 Å². The van der Waals surface area contributed by atoms with Crippen molar-refractivity contribution in [2.24, 2.45) is 0 Å². The number of rotatable bonds is 2.